The van der Waals surface area contributed by atoms with Gasteiger partial charge in [-0.25, -0.2) is 4.39 Å². The molecule has 19 heavy (non-hydrogen) atoms. The number of ether oxygens (including phenoxy) is 1. The van der Waals surface area contributed by atoms with E-state index in [2.05, 4.69) is 10.2 Å². The summed E-state index contributed by atoms with van der Waals surface area (Å²) in [5.41, 5.74) is 0.583. The molecule has 1 aliphatic heterocycles. The molecule has 1 saturated heterocycles. The summed E-state index contributed by atoms with van der Waals surface area (Å²) in [6.45, 7) is 7.18. The largest absolute Gasteiger partial charge is 0.508 e. The predicted molar refractivity (Wildman–Crippen MR) is 71.7 cm³/mol. The van der Waals surface area contributed by atoms with Crippen molar-refractivity contribution in [1.82, 2.24) is 10.2 Å². The van der Waals surface area contributed by atoms with E-state index >= 15 is 0 Å². The fraction of sp³-hybridized carbons (Fsp3) is 0.571. The van der Waals surface area contributed by atoms with Crippen LogP contribution in [0.3, 0.4) is 0 Å². The van der Waals surface area contributed by atoms with E-state index in [4.69, 9.17) is 4.74 Å². The van der Waals surface area contributed by atoms with Crippen LogP contribution in [-0.2, 0) is 4.74 Å². The normalized spacial score (nSPS) is 18.4. The lowest BCUT2D eigenvalue weighted by atomic mass is 10.1. The van der Waals surface area contributed by atoms with Crippen molar-refractivity contribution >= 4 is 0 Å². The smallest absolute Gasteiger partial charge is 0.131 e. The maximum absolute atomic E-state index is 13.7. The van der Waals surface area contributed by atoms with E-state index in [9.17, 15) is 9.50 Å². The van der Waals surface area contributed by atoms with Gasteiger partial charge in [0.2, 0.25) is 0 Å². The van der Waals surface area contributed by atoms with Gasteiger partial charge in [-0.1, -0.05) is 6.07 Å². The molecule has 1 atom stereocenters. The van der Waals surface area contributed by atoms with E-state index in [1.165, 1.54) is 6.07 Å². The quantitative estimate of drug-likeness (QED) is 0.850. The summed E-state index contributed by atoms with van der Waals surface area (Å²) in [5, 5.41) is 12.5. The van der Waals surface area contributed by atoms with Gasteiger partial charge < -0.3 is 15.2 Å². The van der Waals surface area contributed by atoms with Crippen LogP contribution in [0.2, 0.25) is 0 Å². The van der Waals surface area contributed by atoms with Gasteiger partial charge in [-0.3, -0.25) is 4.90 Å². The first-order valence-corrected chi connectivity index (χ1v) is 6.68. The molecule has 106 valence electrons. The SMILES string of the molecule is CC(NCCN1CCOCC1)c1ccc(O)cc1F. The van der Waals surface area contributed by atoms with Gasteiger partial charge >= 0.3 is 0 Å². The van der Waals surface area contributed by atoms with E-state index in [1.807, 2.05) is 6.92 Å². The molecule has 1 heterocycles. The fourth-order valence-corrected chi connectivity index (χ4v) is 2.24. The minimum absolute atomic E-state index is 0.0400. The van der Waals surface area contributed by atoms with Crippen molar-refractivity contribution in [1.29, 1.82) is 0 Å². The van der Waals surface area contributed by atoms with Crippen LogP contribution in [0.25, 0.3) is 0 Å². The number of benzene rings is 1. The van der Waals surface area contributed by atoms with E-state index in [0.717, 1.165) is 45.5 Å². The molecule has 0 aromatic heterocycles. The Morgan fingerprint density at radius 1 is 1.42 bits per heavy atom. The molecule has 0 amide bonds. The Morgan fingerprint density at radius 3 is 2.84 bits per heavy atom. The average molecular weight is 268 g/mol. The van der Waals surface area contributed by atoms with Crippen molar-refractivity contribution in [2.24, 2.45) is 0 Å². The molecule has 0 aliphatic carbocycles. The molecule has 1 fully saturated rings. The van der Waals surface area contributed by atoms with Gasteiger partial charge in [0.05, 0.1) is 13.2 Å². The van der Waals surface area contributed by atoms with Crippen molar-refractivity contribution in [2.75, 3.05) is 39.4 Å². The Balaban J connectivity index is 1.78. The van der Waals surface area contributed by atoms with Crippen LogP contribution in [0.4, 0.5) is 4.39 Å². The summed E-state index contributed by atoms with van der Waals surface area (Å²) in [6, 6.07) is 4.21. The first kappa shape index (κ1) is 14.2. The molecule has 2 N–H and O–H groups in total. The Morgan fingerprint density at radius 2 is 2.16 bits per heavy atom. The first-order chi connectivity index (χ1) is 9.16. The average Bonchev–Trinajstić information content (AvgIpc) is 2.39. The van der Waals surface area contributed by atoms with E-state index in [-0.39, 0.29) is 17.6 Å². The predicted octanol–water partition coefficient (Wildman–Crippen LogP) is 1.51. The molecule has 1 aromatic rings. The number of hydrogen-bond donors (Lipinski definition) is 2. The highest BCUT2D eigenvalue weighted by Crippen LogP contribution is 2.20. The van der Waals surface area contributed by atoms with Crippen molar-refractivity contribution in [3.05, 3.63) is 29.6 Å². The Bertz CT molecular complexity index is 408. The van der Waals surface area contributed by atoms with Gasteiger partial charge in [-0.15, -0.1) is 0 Å². The summed E-state index contributed by atoms with van der Waals surface area (Å²) >= 11 is 0. The lowest BCUT2D eigenvalue weighted by molar-refractivity contribution is 0.0382. The topological polar surface area (TPSA) is 44.7 Å². The van der Waals surface area contributed by atoms with Crippen molar-refractivity contribution in [3.8, 4) is 5.75 Å². The van der Waals surface area contributed by atoms with E-state index in [0.29, 0.717) is 5.56 Å². The summed E-state index contributed by atoms with van der Waals surface area (Å²) in [6.07, 6.45) is 0. The molecule has 0 bridgehead atoms. The zero-order valence-corrected chi connectivity index (χ0v) is 11.2. The van der Waals surface area contributed by atoms with Gasteiger partial charge in [-0.05, 0) is 13.0 Å². The van der Waals surface area contributed by atoms with Gasteiger partial charge in [0.1, 0.15) is 11.6 Å². The highest BCUT2D eigenvalue weighted by molar-refractivity contribution is 5.29. The maximum Gasteiger partial charge on any atom is 0.131 e. The van der Waals surface area contributed by atoms with Gasteiger partial charge in [0, 0.05) is 43.9 Å². The zero-order valence-electron chi connectivity index (χ0n) is 11.2. The van der Waals surface area contributed by atoms with Gasteiger partial charge in [-0.2, -0.15) is 0 Å². The fourth-order valence-electron chi connectivity index (χ4n) is 2.24. The maximum atomic E-state index is 13.7. The van der Waals surface area contributed by atoms with Crippen LogP contribution in [0, 0.1) is 5.82 Å². The van der Waals surface area contributed by atoms with Crippen LogP contribution >= 0.6 is 0 Å². The third-order valence-corrected chi connectivity index (χ3v) is 3.43. The Labute approximate surface area is 113 Å². The molecule has 1 aromatic carbocycles. The van der Waals surface area contributed by atoms with Crippen LogP contribution < -0.4 is 5.32 Å². The lowest BCUT2D eigenvalue weighted by Gasteiger charge is -2.27. The number of nitrogens with one attached hydrogen (secondary N) is 1. The summed E-state index contributed by atoms with van der Waals surface area (Å²) in [5.74, 6) is -0.409. The van der Waals surface area contributed by atoms with Gasteiger partial charge in [0.25, 0.3) is 0 Å². The number of morpholine rings is 1. The Kier molecular flexibility index (Phi) is 5.13. The van der Waals surface area contributed by atoms with Crippen molar-refractivity contribution < 1.29 is 14.2 Å². The number of rotatable bonds is 5. The van der Waals surface area contributed by atoms with Crippen LogP contribution in [0.1, 0.15) is 18.5 Å². The number of phenols is 1. The molecule has 1 unspecified atom stereocenters. The number of phenolic OH excluding ortho intramolecular Hbond substituents is 1. The lowest BCUT2D eigenvalue weighted by Crippen LogP contribution is -2.40. The van der Waals surface area contributed by atoms with Crippen LogP contribution in [-0.4, -0.2) is 49.4 Å². The molecule has 4 nitrogen and oxygen atoms in total. The number of aromatic hydroxyl groups is 1. The third-order valence-electron chi connectivity index (χ3n) is 3.43. The summed E-state index contributed by atoms with van der Waals surface area (Å²) < 4.78 is 18.9. The van der Waals surface area contributed by atoms with Crippen molar-refractivity contribution in [2.45, 2.75) is 13.0 Å². The third kappa shape index (κ3) is 4.16. The standard InChI is InChI=1S/C14H21FN2O2/c1-11(13-3-2-12(18)10-14(13)15)16-4-5-17-6-8-19-9-7-17/h2-3,10-11,16,18H,4-9H2,1H3. The molecule has 0 saturated carbocycles. The number of halogens is 1. The monoisotopic (exact) mass is 268 g/mol. The van der Waals surface area contributed by atoms with E-state index < -0.39 is 0 Å². The second-order valence-corrected chi connectivity index (χ2v) is 4.84. The number of nitrogens with zero attached hydrogens (tertiary/aromatic N) is 1. The number of hydrogen-bond acceptors (Lipinski definition) is 4. The zero-order chi connectivity index (χ0) is 13.7. The molecular formula is C14H21FN2O2. The molecule has 2 rings (SSSR count). The molecule has 0 spiro atoms. The highest BCUT2D eigenvalue weighted by Gasteiger charge is 2.13. The summed E-state index contributed by atoms with van der Waals surface area (Å²) in [7, 11) is 0. The molecular weight excluding hydrogens is 247 g/mol. The molecule has 0 radical (unpaired) electrons. The van der Waals surface area contributed by atoms with Crippen LogP contribution in [0.5, 0.6) is 5.75 Å². The van der Waals surface area contributed by atoms with Crippen LogP contribution in [0.15, 0.2) is 18.2 Å². The van der Waals surface area contributed by atoms with Gasteiger partial charge in [0.15, 0.2) is 0 Å². The minimum Gasteiger partial charge on any atom is -0.508 e. The highest BCUT2D eigenvalue weighted by atomic mass is 19.1. The summed E-state index contributed by atoms with van der Waals surface area (Å²) in [4.78, 5) is 2.33. The minimum atomic E-state index is -0.369. The first-order valence-electron chi connectivity index (χ1n) is 6.68. The Hall–Kier alpha value is -1.17. The second-order valence-electron chi connectivity index (χ2n) is 4.84. The second kappa shape index (κ2) is 6.84. The van der Waals surface area contributed by atoms with E-state index in [1.54, 1.807) is 6.07 Å². The molecule has 1 aliphatic rings. The van der Waals surface area contributed by atoms with Crippen molar-refractivity contribution in [3.63, 3.8) is 0 Å². The molecule has 5 heteroatoms.